The molecule has 0 amide bonds. The van der Waals surface area contributed by atoms with Crippen molar-refractivity contribution in [2.45, 2.75) is 19.9 Å². The van der Waals surface area contributed by atoms with Crippen molar-refractivity contribution < 1.29 is 5.73 Å². The molecule has 0 spiro atoms. The maximum absolute atomic E-state index is 3.94. The Morgan fingerprint density at radius 3 is 2.10 bits per heavy atom. The van der Waals surface area contributed by atoms with Crippen molar-refractivity contribution in [1.29, 1.82) is 0 Å². The Balaban J connectivity index is 2.89. The molecule has 10 heavy (non-hydrogen) atoms. The molecule has 0 bridgehead atoms. The Morgan fingerprint density at radius 1 is 1.20 bits per heavy atom. The predicted molar refractivity (Wildman–Crippen MR) is 42.5 cm³/mol. The third-order valence-corrected chi connectivity index (χ3v) is 1.65. The van der Waals surface area contributed by atoms with E-state index in [-0.39, 0.29) is 0 Å². The average Bonchev–Trinajstić information content (AvgIpc) is 1.88. The minimum absolute atomic E-state index is 0.403. The summed E-state index contributed by atoms with van der Waals surface area (Å²) in [6.45, 7) is 4.20. The molecule has 1 nitrogen and oxygen atoms in total. The summed E-state index contributed by atoms with van der Waals surface area (Å²) in [4.78, 5) is 0. The zero-order valence-corrected chi connectivity index (χ0v) is 6.59. The first-order chi connectivity index (χ1) is 4.70. The largest absolute Gasteiger partial charge is 0.352 e. The minimum atomic E-state index is 0.403. The van der Waals surface area contributed by atoms with Gasteiger partial charge in [0.2, 0.25) is 0 Å². The van der Waals surface area contributed by atoms with Crippen LogP contribution in [0.2, 0.25) is 0 Å². The molecule has 1 atom stereocenters. The average molecular weight is 136 g/mol. The number of aryl methyl sites for hydroxylation is 1. The summed E-state index contributed by atoms with van der Waals surface area (Å²) in [6, 6.07) is 8.91. The van der Waals surface area contributed by atoms with Crippen LogP contribution in [0, 0.1) is 6.92 Å². The fraction of sp³-hybridized carbons (Fsp3) is 0.333. The second-order valence-corrected chi connectivity index (χ2v) is 2.81. The Hall–Kier alpha value is -0.820. The smallest absolute Gasteiger partial charge is 0.107 e. The van der Waals surface area contributed by atoms with E-state index in [1.54, 1.807) is 0 Å². The van der Waals surface area contributed by atoms with Gasteiger partial charge >= 0.3 is 0 Å². The van der Waals surface area contributed by atoms with E-state index < -0.39 is 0 Å². The van der Waals surface area contributed by atoms with Crippen molar-refractivity contribution in [3.63, 3.8) is 0 Å². The summed E-state index contributed by atoms with van der Waals surface area (Å²) in [5, 5.41) is 0. The topological polar surface area (TPSA) is 27.6 Å². The van der Waals surface area contributed by atoms with E-state index in [1.807, 2.05) is 0 Å². The van der Waals surface area contributed by atoms with Crippen LogP contribution >= 0.6 is 0 Å². The lowest BCUT2D eigenvalue weighted by molar-refractivity contribution is -0.420. The Kier molecular flexibility index (Phi) is 2.07. The van der Waals surface area contributed by atoms with E-state index in [4.69, 9.17) is 0 Å². The summed E-state index contributed by atoms with van der Waals surface area (Å²) >= 11 is 0. The molecule has 0 unspecified atom stereocenters. The predicted octanol–water partition coefficient (Wildman–Crippen LogP) is 1.30. The molecular weight excluding hydrogens is 122 g/mol. The maximum atomic E-state index is 3.94. The Labute approximate surface area is 61.9 Å². The van der Waals surface area contributed by atoms with Crippen LogP contribution in [-0.4, -0.2) is 0 Å². The molecule has 0 radical (unpaired) electrons. The van der Waals surface area contributed by atoms with Crippen molar-refractivity contribution in [2.75, 3.05) is 0 Å². The molecule has 0 saturated heterocycles. The van der Waals surface area contributed by atoms with Gasteiger partial charge in [-0.2, -0.15) is 0 Å². The first-order valence-corrected chi connectivity index (χ1v) is 3.60. The van der Waals surface area contributed by atoms with E-state index in [9.17, 15) is 0 Å². The number of hydrogen-bond acceptors (Lipinski definition) is 0. The molecule has 54 valence electrons. The second-order valence-electron chi connectivity index (χ2n) is 2.81. The van der Waals surface area contributed by atoms with Gasteiger partial charge in [-0.25, -0.2) is 0 Å². The Bertz CT molecular complexity index is 198. The highest BCUT2D eigenvalue weighted by Gasteiger charge is 1.99. The highest BCUT2D eigenvalue weighted by atomic mass is 14.6. The van der Waals surface area contributed by atoms with Gasteiger partial charge in [-0.3, -0.25) is 0 Å². The van der Waals surface area contributed by atoms with Crippen molar-refractivity contribution in [2.24, 2.45) is 0 Å². The van der Waals surface area contributed by atoms with E-state index in [0.29, 0.717) is 6.04 Å². The molecule has 0 aliphatic heterocycles. The monoisotopic (exact) mass is 136 g/mol. The van der Waals surface area contributed by atoms with Gasteiger partial charge in [-0.15, -0.1) is 0 Å². The van der Waals surface area contributed by atoms with Gasteiger partial charge in [-0.05, 0) is 13.8 Å². The molecule has 0 aliphatic rings. The lowest BCUT2D eigenvalue weighted by Gasteiger charge is -2.00. The molecule has 0 heterocycles. The molecule has 3 N–H and O–H groups in total. The van der Waals surface area contributed by atoms with Crippen molar-refractivity contribution >= 4 is 0 Å². The molecule has 0 saturated carbocycles. The number of hydrogen-bond donors (Lipinski definition) is 1. The summed E-state index contributed by atoms with van der Waals surface area (Å²) in [5.74, 6) is 0. The second kappa shape index (κ2) is 2.84. The zero-order chi connectivity index (χ0) is 7.56. The fourth-order valence-corrected chi connectivity index (χ4v) is 0.895. The quantitative estimate of drug-likeness (QED) is 0.602. The van der Waals surface area contributed by atoms with Crippen LogP contribution in [0.15, 0.2) is 24.3 Å². The van der Waals surface area contributed by atoms with E-state index >= 15 is 0 Å². The van der Waals surface area contributed by atoms with Gasteiger partial charge < -0.3 is 5.73 Å². The molecular formula is C9H14N+. The highest BCUT2D eigenvalue weighted by molar-refractivity contribution is 5.22. The highest BCUT2D eigenvalue weighted by Crippen LogP contribution is 2.07. The first kappa shape index (κ1) is 7.29. The lowest BCUT2D eigenvalue weighted by Crippen LogP contribution is -2.51. The number of rotatable bonds is 1. The van der Waals surface area contributed by atoms with Crippen molar-refractivity contribution in [1.82, 2.24) is 0 Å². The summed E-state index contributed by atoms with van der Waals surface area (Å²) < 4.78 is 0. The summed E-state index contributed by atoms with van der Waals surface area (Å²) in [6.07, 6.45) is 0. The van der Waals surface area contributed by atoms with E-state index in [0.717, 1.165) is 0 Å². The third kappa shape index (κ3) is 1.58. The van der Waals surface area contributed by atoms with Crippen LogP contribution in [0.4, 0.5) is 0 Å². The third-order valence-electron chi connectivity index (χ3n) is 1.65. The van der Waals surface area contributed by atoms with Crippen LogP contribution in [0.5, 0.6) is 0 Å². The van der Waals surface area contributed by atoms with Crippen LogP contribution in [-0.2, 0) is 0 Å². The van der Waals surface area contributed by atoms with Crippen molar-refractivity contribution in [3.8, 4) is 0 Å². The fourth-order valence-electron chi connectivity index (χ4n) is 0.895. The standard InChI is InChI=1S/C9H13N/c1-7-3-5-9(6-4-7)8(2)10/h3-6,8H,10H2,1-2H3/p+1/t8-/m0/s1. The zero-order valence-electron chi connectivity index (χ0n) is 6.59. The van der Waals surface area contributed by atoms with E-state index in [2.05, 4.69) is 43.8 Å². The molecule has 0 fully saturated rings. The lowest BCUT2D eigenvalue weighted by atomic mass is 10.1. The van der Waals surface area contributed by atoms with Gasteiger partial charge in [0.05, 0.1) is 0 Å². The van der Waals surface area contributed by atoms with Crippen LogP contribution < -0.4 is 5.73 Å². The normalized spacial score (nSPS) is 13.1. The van der Waals surface area contributed by atoms with E-state index in [1.165, 1.54) is 11.1 Å². The molecule has 1 rings (SSSR count). The maximum Gasteiger partial charge on any atom is 0.107 e. The summed E-state index contributed by atoms with van der Waals surface area (Å²) in [7, 11) is 0. The van der Waals surface area contributed by atoms with Gasteiger partial charge in [0.1, 0.15) is 6.04 Å². The van der Waals surface area contributed by atoms with Gasteiger partial charge in [-0.1, -0.05) is 29.8 Å². The molecule has 0 aromatic heterocycles. The SMILES string of the molecule is Cc1ccc([C@H](C)[NH3+])cc1. The molecule has 1 aromatic carbocycles. The number of quaternary nitrogens is 1. The van der Waals surface area contributed by atoms with Crippen LogP contribution in [0.1, 0.15) is 24.1 Å². The van der Waals surface area contributed by atoms with Crippen LogP contribution in [0.3, 0.4) is 0 Å². The van der Waals surface area contributed by atoms with Gasteiger partial charge in [0.15, 0.2) is 0 Å². The van der Waals surface area contributed by atoms with Crippen LogP contribution in [0.25, 0.3) is 0 Å². The minimum Gasteiger partial charge on any atom is -0.352 e. The van der Waals surface area contributed by atoms with Crippen molar-refractivity contribution in [3.05, 3.63) is 35.4 Å². The molecule has 1 aromatic rings. The van der Waals surface area contributed by atoms with Gasteiger partial charge in [0.25, 0.3) is 0 Å². The number of benzene rings is 1. The first-order valence-electron chi connectivity index (χ1n) is 3.60. The molecule has 1 heteroatoms. The molecule has 0 aliphatic carbocycles. The Morgan fingerprint density at radius 2 is 1.70 bits per heavy atom. The van der Waals surface area contributed by atoms with Gasteiger partial charge in [0, 0.05) is 5.56 Å². The summed E-state index contributed by atoms with van der Waals surface area (Å²) in [5.41, 5.74) is 6.56.